The number of benzene rings is 1. The molecule has 0 aliphatic carbocycles. The molecule has 0 radical (unpaired) electrons. The Kier molecular flexibility index (Phi) is 4.60. The number of pyridine rings is 1. The molecule has 0 bridgehead atoms. The van der Waals surface area contributed by atoms with E-state index in [1.807, 2.05) is 18.2 Å². The highest BCUT2D eigenvalue weighted by Crippen LogP contribution is 2.09. The molecular formula is C15H14FN3. The summed E-state index contributed by atoms with van der Waals surface area (Å²) in [4.78, 5) is 3.96. The third-order valence-corrected chi connectivity index (χ3v) is 2.82. The molecule has 19 heavy (non-hydrogen) atoms. The second-order valence-electron chi connectivity index (χ2n) is 4.21. The Balaban J connectivity index is 1.82. The largest absolute Gasteiger partial charge is 0.312 e. The van der Waals surface area contributed by atoms with Crippen LogP contribution in [0.15, 0.2) is 42.7 Å². The molecule has 0 amide bonds. The van der Waals surface area contributed by atoms with Crippen molar-refractivity contribution in [3.63, 3.8) is 0 Å². The van der Waals surface area contributed by atoms with Gasteiger partial charge in [-0.05, 0) is 48.4 Å². The van der Waals surface area contributed by atoms with Crippen LogP contribution < -0.4 is 5.32 Å². The molecule has 0 saturated carbocycles. The minimum atomic E-state index is -0.469. The SMILES string of the molecule is N#Cc1cc(CNCCc2ccncc2)ccc1F. The van der Waals surface area contributed by atoms with Gasteiger partial charge in [0.15, 0.2) is 0 Å². The molecule has 1 heterocycles. The molecule has 0 saturated heterocycles. The summed E-state index contributed by atoms with van der Waals surface area (Å²) in [5.74, 6) is -0.469. The molecule has 1 N–H and O–H groups in total. The fraction of sp³-hybridized carbons (Fsp3) is 0.200. The summed E-state index contributed by atoms with van der Waals surface area (Å²) in [6.45, 7) is 1.45. The van der Waals surface area contributed by atoms with Gasteiger partial charge < -0.3 is 5.32 Å². The molecule has 4 heteroatoms. The van der Waals surface area contributed by atoms with Gasteiger partial charge in [-0.15, -0.1) is 0 Å². The number of halogens is 1. The molecule has 2 rings (SSSR count). The number of hydrogen-bond acceptors (Lipinski definition) is 3. The van der Waals surface area contributed by atoms with E-state index >= 15 is 0 Å². The number of nitrogens with one attached hydrogen (secondary N) is 1. The Hall–Kier alpha value is -2.25. The maximum absolute atomic E-state index is 13.1. The van der Waals surface area contributed by atoms with E-state index in [2.05, 4.69) is 10.3 Å². The molecule has 0 fully saturated rings. The Morgan fingerprint density at radius 3 is 2.68 bits per heavy atom. The first kappa shape index (κ1) is 13.2. The number of rotatable bonds is 5. The average molecular weight is 255 g/mol. The molecule has 0 atom stereocenters. The number of hydrogen-bond donors (Lipinski definition) is 1. The van der Waals surface area contributed by atoms with Crippen molar-refractivity contribution in [3.05, 3.63) is 65.2 Å². The van der Waals surface area contributed by atoms with E-state index in [0.717, 1.165) is 18.5 Å². The van der Waals surface area contributed by atoms with Crippen molar-refractivity contribution in [2.45, 2.75) is 13.0 Å². The first-order chi connectivity index (χ1) is 9.29. The summed E-state index contributed by atoms with van der Waals surface area (Å²) in [6, 6.07) is 10.4. The van der Waals surface area contributed by atoms with Gasteiger partial charge in [-0.1, -0.05) is 6.07 Å². The van der Waals surface area contributed by atoms with Crippen molar-refractivity contribution in [2.24, 2.45) is 0 Å². The van der Waals surface area contributed by atoms with Gasteiger partial charge in [0.25, 0.3) is 0 Å². The first-order valence-corrected chi connectivity index (χ1v) is 6.08. The predicted molar refractivity (Wildman–Crippen MR) is 70.8 cm³/mol. The van der Waals surface area contributed by atoms with Crippen LogP contribution in [0.3, 0.4) is 0 Å². The van der Waals surface area contributed by atoms with Crippen LogP contribution in [0.4, 0.5) is 4.39 Å². The molecule has 0 aliphatic rings. The summed E-state index contributed by atoms with van der Waals surface area (Å²) in [6.07, 6.45) is 4.46. The van der Waals surface area contributed by atoms with Gasteiger partial charge in [0.1, 0.15) is 11.9 Å². The summed E-state index contributed by atoms with van der Waals surface area (Å²) in [7, 11) is 0. The van der Waals surface area contributed by atoms with E-state index in [1.54, 1.807) is 24.5 Å². The van der Waals surface area contributed by atoms with Gasteiger partial charge in [0.05, 0.1) is 5.56 Å². The zero-order chi connectivity index (χ0) is 13.5. The third-order valence-electron chi connectivity index (χ3n) is 2.82. The van der Waals surface area contributed by atoms with Gasteiger partial charge in [0.2, 0.25) is 0 Å². The van der Waals surface area contributed by atoms with E-state index in [1.165, 1.54) is 11.6 Å². The maximum atomic E-state index is 13.1. The second kappa shape index (κ2) is 6.62. The van der Waals surface area contributed by atoms with Crippen molar-refractivity contribution < 1.29 is 4.39 Å². The van der Waals surface area contributed by atoms with Crippen molar-refractivity contribution in [1.82, 2.24) is 10.3 Å². The zero-order valence-electron chi connectivity index (χ0n) is 10.4. The summed E-state index contributed by atoms with van der Waals surface area (Å²) >= 11 is 0. The van der Waals surface area contributed by atoms with E-state index in [-0.39, 0.29) is 5.56 Å². The van der Waals surface area contributed by atoms with Crippen LogP contribution in [-0.2, 0) is 13.0 Å². The normalized spacial score (nSPS) is 10.1. The third kappa shape index (κ3) is 3.87. The van der Waals surface area contributed by atoms with E-state index in [4.69, 9.17) is 5.26 Å². The standard InChI is InChI=1S/C15H14FN3/c16-15-2-1-13(9-14(15)10-17)11-19-8-5-12-3-6-18-7-4-12/h1-4,6-7,9,19H,5,8,11H2. The minimum Gasteiger partial charge on any atom is -0.312 e. The summed E-state index contributed by atoms with van der Waals surface area (Å²) < 4.78 is 13.1. The fourth-order valence-electron chi connectivity index (χ4n) is 1.78. The monoisotopic (exact) mass is 255 g/mol. The van der Waals surface area contributed by atoms with Crippen LogP contribution in [0.25, 0.3) is 0 Å². The number of aromatic nitrogens is 1. The first-order valence-electron chi connectivity index (χ1n) is 6.08. The molecule has 96 valence electrons. The molecule has 0 aliphatic heterocycles. The van der Waals surface area contributed by atoms with Crippen LogP contribution in [0, 0.1) is 17.1 Å². The fourth-order valence-corrected chi connectivity index (χ4v) is 1.78. The van der Waals surface area contributed by atoms with Crippen LogP contribution in [0.1, 0.15) is 16.7 Å². The minimum absolute atomic E-state index is 0.0911. The number of nitrogens with zero attached hydrogens (tertiary/aromatic N) is 2. The van der Waals surface area contributed by atoms with E-state index < -0.39 is 5.82 Å². The number of nitriles is 1. The molecule has 3 nitrogen and oxygen atoms in total. The molecular weight excluding hydrogens is 241 g/mol. The maximum Gasteiger partial charge on any atom is 0.140 e. The zero-order valence-corrected chi connectivity index (χ0v) is 10.4. The molecule has 1 aromatic heterocycles. The average Bonchev–Trinajstić information content (AvgIpc) is 2.46. The predicted octanol–water partition coefficient (Wildman–Crippen LogP) is 2.42. The lowest BCUT2D eigenvalue weighted by molar-refractivity contribution is 0.621. The highest BCUT2D eigenvalue weighted by atomic mass is 19.1. The Bertz CT molecular complexity index is 576. The van der Waals surface area contributed by atoms with Crippen LogP contribution >= 0.6 is 0 Å². The van der Waals surface area contributed by atoms with Crippen LogP contribution in [-0.4, -0.2) is 11.5 Å². The lowest BCUT2D eigenvalue weighted by atomic mass is 10.1. The van der Waals surface area contributed by atoms with Crippen LogP contribution in [0.2, 0.25) is 0 Å². The lowest BCUT2D eigenvalue weighted by Gasteiger charge is -2.05. The van der Waals surface area contributed by atoms with E-state index in [9.17, 15) is 4.39 Å². The van der Waals surface area contributed by atoms with Crippen molar-refractivity contribution in [3.8, 4) is 6.07 Å². The molecule has 0 spiro atoms. The van der Waals surface area contributed by atoms with Gasteiger partial charge >= 0.3 is 0 Å². The van der Waals surface area contributed by atoms with Gasteiger partial charge in [-0.25, -0.2) is 4.39 Å². The van der Waals surface area contributed by atoms with Crippen molar-refractivity contribution >= 4 is 0 Å². The van der Waals surface area contributed by atoms with Crippen molar-refractivity contribution in [1.29, 1.82) is 5.26 Å². The summed E-state index contributed by atoms with van der Waals surface area (Å²) in [5, 5.41) is 12.0. The molecule has 1 aromatic carbocycles. The Morgan fingerprint density at radius 2 is 1.95 bits per heavy atom. The Morgan fingerprint density at radius 1 is 1.16 bits per heavy atom. The quantitative estimate of drug-likeness (QED) is 0.835. The van der Waals surface area contributed by atoms with Gasteiger partial charge in [0, 0.05) is 18.9 Å². The molecule has 0 unspecified atom stereocenters. The Labute approximate surface area is 111 Å². The topological polar surface area (TPSA) is 48.7 Å². The highest BCUT2D eigenvalue weighted by molar-refractivity contribution is 5.34. The van der Waals surface area contributed by atoms with Crippen LogP contribution in [0.5, 0.6) is 0 Å². The lowest BCUT2D eigenvalue weighted by Crippen LogP contribution is -2.16. The van der Waals surface area contributed by atoms with Gasteiger partial charge in [-0.3, -0.25) is 4.98 Å². The highest BCUT2D eigenvalue weighted by Gasteiger charge is 2.02. The second-order valence-corrected chi connectivity index (χ2v) is 4.21. The smallest absolute Gasteiger partial charge is 0.140 e. The van der Waals surface area contributed by atoms with Crippen molar-refractivity contribution in [2.75, 3.05) is 6.54 Å². The van der Waals surface area contributed by atoms with Gasteiger partial charge in [-0.2, -0.15) is 5.26 Å². The molecule has 2 aromatic rings. The van der Waals surface area contributed by atoms with E-state index in [0.29, 0.717) is 6.54 Å². The summed E-state index contributed by atoms with van der Waals surface area (Å²) in [5.41, 5.74) is 2.22.